The van der Waals surface area contributed by atoms with Gasteiger partial charge in [-0.05, 0) is 23.8 Å². The molecule has 1 aromatic heterocycles. The maximum absolute atomic E-state index is 12.1. The van der Waals surface area contributed by atoms with E-state index in [0.717, 1.165) is 11.1 Å². The fraction of sp³-hybridized carbons (Fsp3) is 0.133. The van der Waals surface area contributed by atoms with Crippen molar-refractivity contribution in [1.29, 1.82) is 0 Å². The highest BCUT2D eigenvalue weighted by atomic mass is 32.2. The molecule has 3 N–H and O–H groups in total. The molecular weight excluding hydrogens is 286 g/mol. The summed E-state index contributed by atoms with van der Waals surface area (Å²) in [6, 6.07) is 10.4. The normalized spacial score (nSPS) is 10.7. The van der Waals surface area contributed by atoms with Gasteiger partial charge in [-0.1, -0.05) is 30.0 Å². The van der Waals surface area contributed by atoms with Crippen LogP contribution in [0.5, 0.6) is 0 Å². The third-order valence-electron chi connectivity index (χ3n) is 2.74. The van der Waals surface area contributed by atoms with Crippen LogP contribution in [-0.2, 0) is 16.6 Å². The van der Waals surface area contributed by atoms with Crippen LogP contribution >= 0.6 is 0 Å². The monoisotopic (exact) mass is 301 g/mol. The average Bonchev–Trinajstić information content (AvgIpc) is 2.52. The van der Waals surface area contributed by atoms with Crippen LogP contribution in [0.2, 0.25) is 0 Å². The molecule has 1 heterocycles. The molecule has 0 atom stereocenters. The zero-order valence-electron chi connectivity index (χ0n) is 11.3. The average molecular weight is 301 g/mol. The number of hydrogen-bond acceptors (Lipinski definition) is 4. The third-order valence-corrected chi connectivity index (χ3v) is 4.13. The lowest BCUT2D eigenvalue weighted by atomic mass is 10.1. The summed E-state index contributed by atoms with van der Waals surface area (Å²) in [4.78, 5) is 3.94. The van der Waals surface area contributed by atoms with Crippen molar-refractivity contribution in [3.05, 3.63) is 59.9 Å². The standard InChI is InChI=1S/C15H15N3O2S/c16-9-3-7-13-5-1-2-6-14(13)11-18-21(19,20)15-8-4-10-17-12-15/h1-2,4-6,8,10,12,18H,9,11,16H2. The van der Waals surface area contributed by atoms with Gasteiger partial charge >= 0.3 is 0 Å². The molecule has 108 valence electrons. The van der Waals surface area contributed by atoms with Crippen molar-refractivity contribution in [1.82, 2.24) is 9.71 Å². The van der Waals surface area contributed by atoms with Crippen LogP contribution in [0.15, 0.2) is 53.7 Å². The molecule has 0 saturated carbocycles. The fourth-order valence-corrected chi connectivity index (χ4v) is 2.67. The number of nitrogens with zero attached hydrogens (tertiary/aromatic N) is 1. The molecule has 0 aliphatic carbocycles. The highest BCUT2D eigenvalue weighted by Gasteiger charge is 2.13. The maximum Gasteiger partial charge on any atom is 0.242 e. The minimum atomic E-state index is -3.58. The van der Waals surface area contributed by atoms with Crippen molar-refractivity contribution in [2.24, 2.45) is 5.73 Å². The molecule has 5 nitrogen and oxygen atoms in total. The second-order valence-corrected chi connectivity index (χ2v) is 5.94. The van der Waals surface area contributed by atoms with E-state index in [1.807, 2.05) is 24.3 Å². The van der Waals surface area contributed by atoms with E-state index in [2.05, 4.69) is 21.5 Å². The maximum atomic E-state index is 12.1. The molecule has 6 heteroatoms. The third kappa shape index (κ3) is 4.13. The number of benzene rings is 1. The lowest BCUT2D eigenvalue weighted by Crippen LogP contribution is -2.23. The molecule has 0 amide bonds. The van der Waals surface area contributed by atoms with Gasteiger partial charge in [0.15, 0.2) is 0 Å². The number of pyridine rings is 1. The van der Waals surface area contributed by atoms with Crippen LogP contribution in [-0.4, -0.2) is 19.9 Å². The molecule has 0 aliphatic rings. The van der Waals surface area contributed by atoms with Gasteiger partial charge in [-0.25, -0.2) is 13.1 Å². The van der Waals surface area contributed by atoms with E-state index in [-0.39, 0.29) is 18.0 Å². The molecule has 0 fully saturated rings. The van der Waals surface area contributed by atoms with Crippen molar-refractivity contribution in [2.45, 2.75) is 11.4 Å². The van der Waals surface area contributed by atoms with E-state index in [1.54, 1.807) is 6.07 Å². The van der Waals surface area contributed by atoms with E-state index >= 15 is 0 Å². The molecule has 1 aromatic carbocycles. The Balaban J connectivity index is 2.17. The molecule has 0 bridgehead atoms. The minimum Gasteiger partial charge on any atom is -0.320 e. The smallest absolute Gasteiger partial charge is 0.242 e. The second kappa shape index (κ2) is 6.99. The Morgan fingerprint density at radius 3 is 2.71 bits per heavy atom. The minimum absolute atomic E-state index is 0.135. The lowest BCUT2D eigenvalue weighted by Gasteiger charge is -2.08. The number of rotatable bonds is 4. The molecule has 2 aromatic rings. The second-order valence-electron chi connectivity index (χ2n) is 4.18. The Kier molecular flexibility index (Phi) is 5.06. The Bertz CT molecular complexity index is 762. The molecule has 0 spiro atoms. The van der Waals surface area contributed by atoms with Gasteiger partial charge in [0.2, 0.25) is 10.0 Å². The van der Waals surface area contributed by atoms with Gasteiger partial charge in [-0.2, -0.15) is 0 Å². The first-order valence-electron chi connectivity index (χ1n) is 6.30. The first-order valence-corrected chi connectivity index (χ1v) is 7.78. The molecule has 2 rings (SSSR count). The number of nitrogens with one attached hydrogen (secondary N) is 1. The first-order chi connectivity index (χ1) is 10.1. The summed E-state index contributed by atoms with van der Waals surface area (Å²) in [5, 5.41) is 0. The summed E-state index contributed by atoms with van der Waals surface area (Å²) in [5.74, 6) is 5.69. The summed E-state index contributed by atoms with van der Waals surface area (Å²) in [7, 11) is -3.58. The highest BCUT2D eigenvalue weighted by Crippen LogP contribution is 2.10. The topological polar surface area (TPSA) is 85.1 Å². The van der Waals surface area contributed by atoms with Crippen LogP contribution < -0.4 is 10.5 Å². The summed E-state index contributed by atoms with van der Waals surface area (Å²) in [6.45, 7) is 0.419. The van der Waals surface area contributed by atoms with Crippen LogP contribution in [0.1, 0.15) is 11.1 Å². The SMILES string of the molecule is NCC#Cc1ccccc1CNS(=O)(=O)c1cccnc1. The quantitative estimate of drug-likeness (QED) is 0.821. The molecule has 0 unspecified atom stereocenters. The van der Waals surface area contributed by atoms with Crippen LogP contribution in [0, 0.1) is 11.8 Å². The number of nitrogens with two attached hydrogens (primary N) is 1. The van der Waals surface area contributed by atoms with Crippen LogP contribution in [0.25, 0.3) is 0 Å². The predicted octanol–water partition coefficient (Wildman–Crippen LogP) is 0.870. The summed E-state index contributed by atoms with van der Waals surface area (Å²) in [5.41, 5.74) is 6.91. The number of aromatic nitrogens is 1. The first kappa shape index (κ1) is 15.2. The molecule has 21 heavy (non-hydrogen) atoms. The van der Waals surface area contributed by atoms with Crippen LogP contribution in [0.4, 0.5) is 0 Å². The van der Waals surface area contributed by atoms with Crippen molar-refractivity contribution in [3.63, 3.8) is 0 Å². The summed E-state index contributed by atoms with van der Waals surface area (Å²) < 4.78 is 26.8. The summed E-state index contributed by atoms with van der Waals surface area (Å²) in [6.07, 6.45) is 2.83. The lowest BCUT2D eigenvalue weighted by molar-refractivity contribution is 0.581. The largest absolute Gasteiger partial charge is 0.320 e. The van der Waals surface area contributed by atoms with E-state index in [0.29, 0.717) is 0 Å². The van der Waals surface area contributed by atoms with Crippen molar-refractivity contribution >= 4 is 10.0 Å². The highest BCUT2D eigenvalue weighted by molar-refractivity contribution is 7.89. The molecule has 0 saturated heterocycles. The van der Waals surface area contributed by atoms with Gasteiger partial charge in [0.25, 0.3) is 0 Å². The number of hydrogen-bond donors (Lipinski definition) is 2. The Labute approximate surface area is 124 Å². The van der Waals surface area contributed by atoms with Crippen molar-refractivity contribution in [3.8, 4) is 11.8 Å². The van der Waals surface area contributed by atoms with E-state index < -0.39 is 10.0 Å². The Morgan fingerprint density at radius 1 is 1.19 bits per heavy atom. The van der Waals surface area contributed by atoms with E-state index in [4.69, 9.17) is 5.73 Å². The molecule has 0 radical (unpaired) electrons. The van der Waals surface area contributed by atoms with Crippen LogP contribution in [0.3, 0.4) is 0 Å². The van der Waals surface area contributed by atoms with Gasteiger partial charge in [-0.15, -0.1) is 0 Å². The Hall–Kier alpha value is -2.20. The van der Waals surface area contributed by atoms with Crippen molar-refractivity contribution in [2.75, 3.05) is 6.54 Å². The van der Waals surface area contributed by atoms with E-state index in [1.165, 1.54) is 18.5 Å². The van der Waals surface area contributed by atoms with Crippen molar-refractivity contribution < 1.29 is 8.42 Å². The fourth-order valence-electron chi connectivity index (χ4n) is 1.70. The zero-order valence-corrected chi connectivity index (χ0v) is 12.1. The predicted molar refractivity (Wildman–Crippen MR) is 80.6 cm³/mol. The molecular formula is C15H15N3O2S. The van der Waals surface area contributed by atoms with Gasteiger partial charge < -0.3 is 5.73 Å². The zero-order chi connectivity index (χ0) is 15.1. The summed E-state index contributed by atoms with van der Waals surface area (Å²) >= 11 is 0. The van der Waals surface area contributed by atoms with Gasteiger partial charge in [0, 0.05) is 24.5 Å². The van der Waals surface area contributed by atoms with E-state index in [9.17, 15) is 8.42 Å². The number of sulfonamides is 1. The van der Waals surface area contributed by atoms with Gasteiger partial charge in [0.1, 0.15) is 4.90 Å². The Morgan fingerprint density at radius 2 is 2.00 bits per heavy atom. The van der Waals surface area contributed by atoms with Gasteiger partial charge in [0.05, 0.1) is 6.54 Å². The van der Waals surface area contributed by atoms with Gasteiger partial charge in [-0.3, -0.25) is 4.98 Å². The molecule has 0 aliphatic heterocycles.